The van der Waals surface area contributed by atoms with Crippen molar-refractivity contribution in [2.24, 2.45) is 0 Å². The summed E-state index contributed by atoms with van der Waals surface area (Å²) in [5.74, 6) is 0.248. The highest BCUT2D eigenvalue weighted by atomic mass is 35.5. The van der Waals surface area contributed by atoms with Crippen molar-refractivity contribution in [1.82, 2.24) is 19.6 Å². The Labute approximate surface area is 82.5 Å². The molecular formula is C6H4ClN5O2. The van der Waals surface area contributed by atoms with Gasteiger partial charge in [-0.25, -0.2) is 4.98 Å². The zero-order chi connectivity index (χ0) is 10.3. The van der Waals surface area contributed by atoms with Gasteiger partial charge in [0.2, 0.25) is 5.15 Å². The van der Waals surface area contributed by atoms with Gasteiger partial charge in [-0.1, -0.05) is 11.6 Å². The molecule has 0 aromatic carbocycles. The Hall–Kier alpha value is -1.76. The average Bonchev–Trinajstić information content (AvgIpc) is 2.50. The van der Waals surface area contributed by atoms with Crippen LogP contribution in [0.4, 0.5) is 5.69 Å². The molecule has 0 radical (unpaired) electrons. The van der Waals surface area contributed by atoms with Crippen LogP contribution in [0.2, 0.25) is 5.15 Å². The van der Waals surface area contributed by atoms with Gasteiger partial charge in [0.1, 0.15) is 12.0 Å². The number of fused-ring (bicyclic) bond motifs is 1. The Morgan fingerprint density at radius 2 is 2.36 bits per heavy atom. The molecule has 0 saturated heterocycles. The van der Waals surface area contributed by atoms with Crippen LogP contribution in [0.3, 0.4) is 0 Å². The lowest BCUT2D eigenvalue weighted by molar-refractivity contribution is -0.386. The molecule has 0 amide bonds. The molecule has 0 fully saturated rings. The number of aromatic nitrogens is 4. The molecule has 8 heteroatoms. The molecule has 0 spiro atoms. The Morgan fingerprint density at radius 1 is 1.64 bits per heavy atom. The van der Waals surface area contributed by atoms with Gasteiger partial charge in [0.15, 0.2) is 0 Å². The van der Waals surface area contributed by atoms with E-state index in [0.29, 0.717) is 0 Å². The summed E-state index contributed by atoms with van der Waals surface area (Å²) in [4.78, 5) is 17.7. The lowest BCUT2D eigenvalue weighted by atomic mass is 10.4. The first-order valence-corrected chi connectivity index (χ1v) is 3.99. The van der Waals surface area contributed by atoms with E-state index in [-0.39, 0.29) is 22.3 Å². The molecule has 0 atom stereocenters. The molecule has 2 rings (SSSR count). The first-order valence-electron chi connectivity index (χ1n) is 3.61. The van der Waals surface area contributed by atoms with Gasteiger partial charge in [-0.2, -0.15) is 14.6 Å². The van der Waals surface area contributed by atoms with E-state index in [4.69, 9.17) is 11.6 Å². The van der Waals surface area contributed by atoms with Gasteiger partial charge in [-0.05, 0) is 6.92 Å². The SMILES string of the molecule is Cc1nc2ncnn2c(Cl)c1[N+](=O)[O-]. The highest BCUT2D eigenvalue weighted by Gasteiger charge is 2.21. The van der Waals surface area contributed by atoms with Crippen LogP contribution in [0, 0.1) is 17.0 Å². The van der Waals surface area contributed by atoms with Crippen molar-refractivity contribution in [3.05, 3.63) is 27.3 Å². The molecule has 0 saturated carbocycles. The zero-order valence-electron chi connectivity index (χ0n) is 7.01. The number of halogens is 1. The van der Waals surface area contributed by atoms with Gasteiger partial charge >= 0.3 is 5.69 Å². The summed E-state index contributed by atoms with van der Waals surface area (Å²) in [5.41, 5.74) is -0.0230. The fourth-order valence-electron chi connectivity index (χ4n) is 1.11. The molecule has 7 nitrogen and oxygen atoms in total. The molecule has 2 aromatic heterocycles. The second-order valence-corrected chi connectivity index (χ2v) is 2.92. The van der Waals surface area contributed by atoms with Gasteiger partial charge in [0.25, 0.3) is 5.78 Å². The van der Waals surface area contributed by atoms with E-state index in [9.17, 15) is 10.1 Å². The van der Waals surface area contributed by atoms with Gasteiger partial charge in [0, 0.05) is 0 Å². The Kier molecular flexibility index (Phi) is 1.81. The van der Waals surface area contributed by atoms with Gasteiger partial charge in [0.05, 0.1) is 4.92 Å². The van der Waals surface area contributed by atoms with Crippen molar-refractivity contribution < 1.29 is 4.92 Å². The molecule has 0 bridgehead atoms. The quantitative estimate of drug-likeness (QED) is 0.401. The van der Waals surface area contributed by atoms with E-state index in [2.05, 4.69) is 15.1 Å². The van der Waals surface area contributed by atoms with E-state index in [1.165, 1.54) is 13.3 Å². The highest BCUT2D eigenvalue weighted by molar-refractivity contribution is 6.31. The maximum absolute atomic E-state index is 10.6. The molecule has 14 heavy (non-hydrogen) atoms. The third kappa shape index (κ3) is 1.10. The zero-order valence-corrected chi connectivity index (χ0v) is 7.76. The van der Waals surface area contributed by atoms with E-state index < -0.39 is 4.92 Å². The number of hydrogen-bond acceptors (Lipinski definition) is 5. The van der Waals surface area contributed by atoms with Crippen molar-refractivity contribution in [2.45, 2.75) is 6.92 Å². The molecule has 0 N–H and O–H groups in total. The summed E-state index contributed by atoms with van der Waals surface area (Å²) in [6.07, 6.45) is 1.23. The van der Waals surface area contributed by atoms with Crippen molar-refractivity contribution >= 4 is 23.1 Å². The van der Waals surface area contributed by atoms with Crippen LogP contribution in [0.15, 0.2) is 6.33 Å². The second-order valence-electron chi connectivity index (χ2n) is 2.57. The Bertz CT molecular complexity index is 522. The maximum atomic E-state index is 10.6. The first-order chi connectivity index (χ1) is 6.61. The smallest absolute Gasteiger partial charge is 0.258 e. The van der Waals surface area contributed by atoms with Crippen LogP contribution in [0.1, 0.15) is 5.69 Å². The van der Waals surface area contributed by atoms with Crippen molar-refractivity contribution in [3.63, 3.8) is 0 Å². The maximum Gasteiger partial charge on any atom is 0.327 e. The summed E-state index contributed by atoms with van der Waals surface area (Å²) in [5, 5.41) is 14.2. The van der Waals surface area contributed by atoms with Gasteiger partial charge in [-0.15, -0.1) is 0 Å². The molecule has 0 aliphatic rings. The summed E-state index contributed by atoms with van der Waals surface area (Å²) in [6, 6.07) is 0. The predicted molar refractivity (Wildman–Crippen MR) is 47.2 cm³/mol. The fourth-order valence-corrected chi connectivity index (χ4v) is 1.44. The predicted octanol–water partition coefficient (Wildman–Crippen LogP) is 0.994. The van der Waals surface area contributed by atoms with Crippen LogP contribution in [0.25, 0.3) is 5.78 Å². The normalized spacial score (nSPS) is 10.7. The van der Waals surface area contributed by atoms with Crippen molar-refractivity contribution in [1.29, 1.82) is 0 Å². The molecule has 2 heterocycles. The Morgan fingerprint density at radius 3 is 3.00 bits per heavy atom. The van der Waals surface area contributed by atoms with E-state index >= 15 is 0 Å². The number of hydrogen-bond donors (Lipinski definition) is 0. The van der Waals surface area contributed by atoms with Gasteiger partial charge in [-0.3, -0.25) is 10.1 Å². The van der Waals surface area contributed by atoms with Crippen LogP contribution in [0.5, 0.6) is 0 Å². The molecule has 0 aliphatic heterocycles. The lowest BCUT2D eigenvalue weighted by Gasteiger charge is -1.99. The molecule has 0 aliphatic carbocycles. The number of nitro groups is 1. The summed E-state index contributed by atoms with van der Waals surface area (Å²) < 4.78 is 1.12. The minimum atomic E-state index is -0.591. The standard InChI is InChI=1S/C6H4ClN5O2/c1-3-4(12(13)14)5(7)11-6(10-3)8-2-9-11/h2H,1H3. The summed E-state index contributed by atoms with van der Waals surface area (Å²) >= 11 is 5.76. The molecule has 72 valence electrons. The summed E-state index contributed by atoms with van der Waals surface area (Å²) in [6.45, 7) is 1.50. The van der Waals surface area contributed by atoms with Crippen molar-refractivity contribution in [3.8, 4) is 0 Å². The van der Waals surface area contributed by atoms with Crippen LogP contribution >= 0.6 is 11.6 Å². The third-order valence-electron chi connectivity index (χ3n) is 1.70. The van der Waals surface area contributed by atoms with E-state index in [1.807, 2.05) is 0 Å². The van der Waals surface area contributed by atoms with E-state index in [0.717, 1.165) is 4.52 Å². The topological polar surface area (TPSA) is 86.2 Å². The minimum absolute atomic E-state index is 0.0880. The molecule has 2 aromatic rings. The number of rotatable bonds is 1. The van der Waals surface area contributed by atoms with Crippen LogP contribution < -0.4 is 0 Å². The Balaban J connectivity index is 2.89. The number of nitrogens with zero attached hydrogens (tertiary/aromatic N) is 5. The second kappa shape index (κ2) is 2.88. The first kappa shape index (κ1) is 8.82. The van der Waals surface area contributed by atoms with Crippen LogP contribution in [-0.2, 0) is 0 Å². The fraction of sp³-hybridized carbons (Fsp3) is 0.167. The number of aryl methyl sites for hydroxylation is 1. The lowest BCUT2D eigenvalue weighted by Crippen LogP contribution is -2.02. The molecular weight excluding hydrogens is 210 g/mol. The van der Waals surface area contributed by atoms with Crippen LogP contribution in [-0.4, -0.2) is 24.5 Å². The van der Waals surface area contributed by atoms with Crippen molar-refractivity contribution in [2.75, 3.05) is 0 Å². The molecule has 0 unspecified atom stereocenters. The highest BCUT2D eigenvalue weighted by Crippen LogP contribution is 2.26. The minimum Gasteiger partial charge on any atom is -0.258 e. The monoisotopic (exact) mass is 213 g/mol. The third-order valence-corrected chi connectivity index (χ3v) is 2.04. The van der Waals surface area contributed by atoms with E-state index in [1.54, 1.807) is 0 Å². The largest absolute Gasteiger partial charge is 0.327 e. The average molecular weight is 214 g/mol. The summed E-state index contributed by atoms with van der Waals surface area (Å²) in [7, 11) is 0. The van der Waals surface area contributed by atoms with Gasteiger partial charge < -0.3 is 0 Å².